The third-order valence-electron chi connectivity index (χ3n) is 2.75. The van der Waals surface area contributed by atoms with Gasteiger partial charge in [0.25, 0.3) is 0 Å². The predicted octanol–water partition coefficient (Wildman–Crippen LogP) is 3.42. The van der Waals surface area contributed by atoms with Crippen molar-refractivity contribution in [2.75, 3.05) is 13.7 Å². The van der Waals surface area contributed by atoms with E-state index in [0.29, 0.717) is 11.6 Å². The van der Waals surface area contributed by atoms with Crippen LogP contribution >= 0.6 is 11.6 Å². The summed E-state index contributed by atoms with van der Waals surface area (Å²) in [6.07, 6.45) is 0.938. The number of aryl methyl sites for hydroxylation is 1. The third kappa shape index (κ3) is 4.03. The largest absolute Gasteiger partial charge is 0.492 e. The van der Waals surface area contributed by atoms with Crippen LogP contribution in [0.5, 0.6) is 5.75 Å². The summed E-state index contributed by atoms with van der Waals surface area (Å²) in [5, 5.41) is 3.91. The number of ether oxygens (including phenoxy) is 1. The summed E-state index contributed by atoms with van der Waals surface area (Å²) in [7, 11) is 1.96. The molecule has 0 fully saturated rings. The summed E-state index contributed by atoms with van der Waals surface area (Å²) in [5.74, 6) is 0.772. The van der Waals surface area contributed by atoms with Gasteiger partial charge in [-0.3, -0.25) is 0 Å². The van der Waals surface area contributed by atoms with Gasteiger partial charge >= 0.3 is 0 Å². The molecule has 0 saturated heterocycles. The van der Waals surface area contributed by atoms with Crippen LogP contribution in [-0.2, 0) is 0 Å². The molecule has 1 rings (SSSR count). The lowest BCUT2D eigenvalue weighted by Gasteiger charge is -2.23. The fourth-order valence-corrected chi connectivity index (χ4v) is 1.43. The van der Waals surface area contributed by atoms with E-state index in [1.54, 1.807) is 0 Å². The Kier molecular flexibility index (Phi) is 4.63. The predicted molar refractivity (Wildman–Crippen MR) is 69.4 cm³/mol. The Morgan fingerprint density at radius 1 is 1.38 bits per heavy atom. The minimum atomic E-state index is 0.0936. The molecule has 0 atom stereocenters. The molecule has 0 heterocycles. The van der Waals surface area contributed by atoms with E-state index in [0.717, 1.165) is 17.7 Å². The van der Waals surface area contributed by atoms with Gasteiger partial charge < -0.3 is 10.1 Å². The van der Waals surface area contributed by atoms with E-state index in [1.165, 1.54) is 0 Å². The zero-order valence-corrected chi connectivity index (χ0v) is 11.2. The van der Waals surface area contributed by atoms with Gasteiger partial charge in [-0.1, -0.05) is 17.7 Å². The molecule has 0 radical (unpaired) electrons. The fraction of sp³-hybridized carbons (Fsp3) is 0.538. The molecular weight excluding hydrogens is 222 g/mol. The van der Waals surface area contributed by atoms with Gasteiger partial charge in [-0.25, -0.2) is 0 Å². The van der Waals surface area contributed by atoms with Gasteiger partial charge in [0.05, 0.1) is 11.6 Å². The van der Waals surface area contributed by atoms with Crippen LogP contribution in [0.4, 0.5) is 0 Å². The van der Waals surface area contributed by atoms with Crippen LogP contribution < -0.4 is 10.1 Å². The summed E-state index contributed by atoms with van der Waals surface area (Å²) >= 11 is 6.04. The second-order valence-corrected chi connectivity index (χ2v) is 5.07. The van der Waals surface area contributed by atoms with Crippen molar-refractivity contribution >= 4 is 11.6 Å². The number of benzene rings is 1. The molecule has 16 heavy (non-hydrogen) atoms. The molecule has 0 aliphatic heterocycles. The topological polar surface area (TPSA) is 21.3 Å². The number of hydrogen-bond acceptors (Lipinski definition) is 2. The van der Waals surface area contributed by atoms with Crippen LogP contribution in [0, 0.1) is 6.92 Å². The van der Waals surface area contributed by atoms with Crippen molar-refractivity contribution in [1.82, 2.24) is 5.32 Å². The van der Waals surface area contributed by atoms with Crippen LogP contribution in [0.1, 0.15) is 25.8 Å². The molecular formula is C13H20ClNO. The first-order valence-electron chi connectivity index (χ1n) is 5.52. The van der Waals surface area contributed by atoms with Gasteiger partial charge in [-0.2, -0.15) is 0 Å². The summed E-state index contributed by atoms with van der Waals surface area (Å²) < 4.78 is 5.68. The van der Waals surface area contributed by atoms with Gasteiger partial charge in [0.2, 0.25) is 0 Å². The number of hydrogen-bond donors (Lipinski definition) is 1. The highest BCUT2D eigenvalue weighted by Crippen LogP contribution is 2.25. The van der Waals surface area contributed by atoms with E-state index in [1.807, 2.05) is 32.2 Å². The van der Waals surface area contributed by atoms with E-state index < -0.39 is 0 Å². The smallest absolute Gasteiger partial charge is 0.138 e. The lowest BCUT2D eigenvalue weighted by Crippen LogP contribution is -2.37. The quantitative estimate of drug-likeness (QED) is 0.853. The minimum Gasteiger partial charge on any atom is -0.492 e. The minimum absolute atomic E-state index is 0.0936. The first kappa shape index (κ1) is 13.3. The molecule has 0 spiro atoms. The van der Waals surface area contributed by atoms with E-state index in [9.17, 15) is 0 Å². The number of halogens is 1. The van der Waals surface area contributed by atoms with Gasteiger partial charge in [0.15, 0.2) is 0 Å². The Balaban J connectivity index is 2.52. The maximum Gasteiger partial charge on any atom is 0.138 e. The summed E-state index contributed by atoms with van der Waals surface area (Å²) in [4.78, 5) is 0. The molecule has 0 amide bonds. The molecule has 1 aromatic rings. The standard InChI is InChI=1S/C13H20ClNO/c1-10-5-6-11(14)12(9-10)16-8-7-13(2,3)15-4/h5-6,9,15H,7-8H2,1-4H3. The molecule has 0 aliphatic rings. The summed E-state index contributed by atoms with van der Waals surface area (Å²) in [6.45, 7) is 6.99. The van der Waals surface area contributed by atoms with Crippen LogP contribution in [0.2, 0.25) is 5.02 Å². The molecule has 3 heteroatoms. The second-order valence-electron chi connectivity index (χ2n) is 4.67. The molecule has 0 aromatic heterocycles. The molecule has 90 valence electrons. The molecule has 0 aliphatic carbocycles. The van der Waals surface area contributed by atoms with Crippen LogP contribution in [-0.4, -0.2) is 19.2 Å². The first-order valence-corrected chi connectivity index (χ1v) is 5.90. The highest BCUT2D eigenvalue weighted by atomic mass is 35.5. The number of rotatable bonds is 5. The van der Waals surface area contributed by atoms with Crippen molar-refractivity contribution in [3.63, 3.8) is 0 Å². The Hall–Kier alpha value is -0.730. The highest BCUT2D eigenvalue weighted by Gasteiger charge is 2.14. The average molecular weight is 242 g/mol. The van der Waals surface area contributed by atoms with E-state index >= 15 is 0 Å². The Morgan fingerprint density at radius 2 is 2.06 bits per heavy atom. The van der Waals surface area contributed by atoms with E-state index in [2.05, 4.69) is 19.2 Å². The van der Waals surface area contributed by atoms with Crippen LogP contribution in [0.3, 0.4) is 0 Å². The number of nitrogens with one attached hydrogen (secondary N) is 1. The van der Waals surface area contributed by atoms with Gasteiger partial charge in [-0.15, -0.1) is 0 Å². The van der Waals surface area contributed by atoms with Crippen molar-refractivity contribution in [2.24, 2.45) is 0 Å². The van der Waals surface area contributed by atoms with Gasteiger partial charge in [0, 0.05) is 5.54 Å². The molecule has 0 bridgehead atoms. The molecule has 0 unspecified atom stereocenters. The van der Waals surface area contributed by atoms with Crippen molar-refractivity contribution < 1.29 is 4.74 Å². The van der Waals surface area contributed by atoms with Crippen LogP contribution in [0.15, 0.2) is 18.2 Å². The molecule has 2 nitrogen and oxygen atoms in total. The summed E-state index contributed by atoms with van der Waals surface area (Å²) in [5.41, 5.74) is 1.25. The maximum atomic E-state index is 6.04. The van der Waals surface area contributed by atoms with Crippen molar-refractivity contribution in [3.05, 3.63) is 28.8 Å². The highest BCUT2D eigenvalue weighted by molar-refractivity contribution is 6.32. The second kappa shape index (κ2) is 5.55. The maximum absolute atomic E-state index is 6.04. The summed E-state index contributed by atoms with van der Waals surface area (Å²) in [6, 6.07) is 5.82. The fourth-order valence-electron chi connectivity index (χ4n) is 1.26. The van der Waals surface area contributed by atoms with Gasteiger partial charge in [-0.05, 0) is 51.9 Å². The zero-order valence-electron chi connectivity index (χ0n) is 10.4. The Bertz CT molecular complexity index is 350. The lowest BCUT2D eigenvalue weighted by molar-refractivity contribution is 0.256. The first-order chi connectivity index (χ1) is 7.44. The van der Waals surface area contributed by atoms with Crippen molar-refractivity contribution in [2.45, 2.75) is 32.7 Å². The third-order valence-corrected chi connectivity index (χ3v) is 3.06. The monoisotopic (exact) mass is 241 g/mol. The van der Waals surface area contributed by atoms with Crippen LogP contribution in [0.25, 0.3) is 0 Å². The SMILES string of the molecule is CNC(C)(C)CCOc1cc(C)ccc1Cl. The molecule has 0 saturated carbocycles. The zero-order chi connectivity index (χ0) is 12.2. The van der Waals surface area contributed by atoms with E-state index in [-0.39, 0.29) is 5.54 Å². The Morgan fingerprint density at radius 3 is 2.69 bits per heavy atom. The van der Waals surface area contributed by atoms with Crippen molar-refractivity contribution in [3.8, 4) is 5.75 Å². The Labute approximate surface area is 103 Å². The normalized spacial score (nSPS) is 11.6. The van der Waals surface area contributed by atoms with Gasteiger partial charge in [0.1, 0.15) is 5.75 Å². The molecule has 1 N–H and O–H groups in total. The van der Waals surface area contributed by atoms with Crippen molar-refractivity contribution in [1.29, 1.82) is 0 Å². The molecule has 1 aromatic carbocycles. The lowest BCUT2D eigenvalue weighted by atomic mass is 10.0. The van der Waals surface area contributed by atoms with E-state index in [4.69, 9.17) is 16.3 Å². The average Bonchev–Trinajstić information content (AvgIpc) is 2.23.